The van der Waals surface area contributed by atoms with Gasteiger partial charge < -0.3 is 9.47 Å². The highest BCUT2D eigenvalue weighted by molar-refractivity contribution is 5.73. The molecule has 1 aromatic rings. The van der Waals surface area contributed by atoms with Crippen molar-refractivity contribution in [3.63, 3.8) is 0 Å². The standard InChI is InChI=1S/C19H30O3/c1-18(2,3)14-16(19(4,5)6)17(20)22-13-12-21-15-10-8-7-9-11-15/h7-11,16H,12-14H2,1-6H3. The molecule has 0 saturated carbocycles. The van der Waals surface area contributed by atoms with Crippen LogP contribution in [0.25, 0.3) is 0 Å². The van der Waals surface area contributed by atoms with Crippen molar-refractivity contribution in [1.82, 2.24) is 0 Å². The smallest absolute Gasteiger partial charge is 0.309 e. The normalized spacial score (nSPS) is 13.5. The van der Waals surface area contributed by atoms with Crippen LogP contribution in [0.3, 0.4) is 0 Å². The fourth-order valence-corrected chi connectivity index (χ4v) is 2.27. The number of esters is 1. The molecule has 0 aliphatic carbocycles. The summed E-state index contributed by atoms with van der Waals surface area (Å²) in [6.45, 7) is 13.4. The van der Waals surface area contributed by atoms with E-state index in [0.29, 0.717) is 6.61 Å². The lowest BCUT2D eigenvalue weighted by Gasteiger charge is -2.33. The van der Waals surface area contributed by atoms with Crippen LogP contribution in [-0.4, -0.2) is 19.2 Å². The monoisotopic (exact) mass is 306 g/mol. The number of ether oxygens (including phenoxy) is 2. The van der Waals surface area contributed by atoms with Crippen molar-refractivity contribution in [1.29, 1.82) is 0 Å². The molecule has 0 N–H and O–H groups in total. The average molecular weight is 306 g/mol. The zero-order chi connectivity index (χ0) is 16.8. The Bertz CT molecular complexity index is 452. The molecule has 3 nitrogen and oxygen atoms in total. The van der Waals surface area contributed by atoms with Crippen molar-refractivity contribution in [2.45, 2.75) is 48.0 Å². The van der Waals surface area contributed by atoms with E-state index in [9.17, 15) is 4.79 Å². The Morgan fingerprint density at radius 3 is 2.09 bits per heavy atom. The van der Waals surface area contributed by atoms with Crippen molar-refractivity contribution in [2.75, 3.05) is 13.2 Å². The number of hydrogen-bond acceptors (Lipinski definition) is 3. The van der Waals surface area contributed by atoms with Gasteiger partial charge in [0.2, 0.25) is 0 Å². The van der Waals surface area contributed by atoms with Gasteiger partial charge in [-0.05, 0) is 29.4 Å². The summed E-state index contributed by atoms with van der Waals surface area (Å²) in [6.07, 6.45) is 0.814. The number of carbonyl (C=O) groups is 1. The summed E-state index contributed by atoms with van der Waals surface area (Å²) in [7, 11) is 0. The first-order valence-electron chi connectivity index (χ1n) is 7.94. The minimum absolute atomic E-state index is 0.0947. The molecule has 0 amide bonds. The molecule has 3 heteroatoms. The van der Waals surface area contributed by atoms with E-state index >= 15 is 0 Å². The molecule has 1 aromatic carbocycles. The first-order valence-corrected chi connectivity index (χ1v) is 7.94. The first-order chi connectivity index (χ1) is 10.1. The minimum Gasteiger partial charge on any atom is -0.490 e. The van der Waals surface area contributed by atoms with Crippen molar-refractivity contribution in [3.05, 3.63) is 30.3 Å². The summed E-state index contributed by atoms with van der Waals surface area (Å²) in [5.74, 6) is 0.559. The maximum absolute atomic E-state index is 12.4. The minimum atomic E-state index is -0.126. The van der Waals surface area contributed by atoms with Crippen LogP contribution in [-0.2, 0) is 9.53 Å². The van der Waals surface area contributed by atoms with E-state index in [1.165, 1.54) is 0 Å². The summed E-state index contributed by atoms with van der Waals surface area (Å²) in [4.78, 5) is 12.4. The Hall–Kier alpha value is -1.51. The lowest BCUT2D eigenvalue weighted by molar-refractivity contribution is -0.154. The molecule has 0 radical (unpaired) electrons. The number of para-hydroxylation sites is 1. The Morgan fingerprint density at radius 2 is 1.59 bits per heavy atom. The van der Waals surface area contributed by atoms with Crippen molar-refractivity contribution in [3.8, 4) is 5.75 Å². The van der Waals surface area contributed by atoms with Crippen LogP contribution < -0.4 is 4.74 Å². The molecule has 0 aromatic heterocycles. The third kappa shape index (κ3) is 6.97. The highest BCUT2D eigenvalue weighted by Gasteiger charge is 2.35. The van der Waals surface area contributed by atoms with Gasteiger partial charge in [-0.15, -0.1) is 0 Å². The second kappa shape index (κ2) is 7.66. The molecule has 0 bridgehead atoms. The van der Waals surface area contributed by atoms with Gasteiger partial charge in [0.1, 0.15) is 19.0 Å². The van der Waals surface area contributed by atoms with Crippen LogP contribution in [0, 0.1) is 16.7 Å². The topological polar surface area (TPSA) is 35.5 Å². The quantitative estimate of drug-likeness (QED) is 0.564. The maximum atomic E-state index is 12.4. The average Bonchev–Trinajstić information content (AvgIpc) is 2.40. The lowest BCUT2D eigenvalue weighted by Crippen LogP contribution is -2.34. The molecule has 0 saturated heterocycles. The summed E-state index contributed by atoms with van der Waals surface area (Å²) in [6, 6.07) is 9.55. The van der Waals surface area contributed by atoms with E-state index in [4.69, 9.17) is 9.47 Å². The molecular weight excluding hydrogens is 276 g/mol. The van der Waals surface area contributed by atoms with E-state index in [1.807, 2.05) is 30.3 Å². The molecule has 1 rings (SSSR count). The van der Waals surface area contributed by atoms with Crippen molar-refractivity contribution in [2.24, 2.45) is 16.7 Å². The molecule has 1 atom stereocenters. The van der Waals surface area contributed by atoms with Crippen LogP contribution in [0.4, 0.5) is 0 Å². The van der Waals surface area contributed by atoms with Crippen molar-refractivity contribution < 1.29 is 14.3 Å². The van der Waals surface area contributed by atoms with E-state index in [0.717, 1.165) is 12.2 Å². The third-order valence-corrected chi connectivity index (χ3v) is 3.49. The highest BCUT2D eigenvalue weighted by atomic mass is 16.6. The van der Waals surface area contributed by atoms with Gasteiger partial charge in [-0.2, -0.15) is 0 Å². The number of rotatable bonds is 6. The summed E-state index contributed by atoms with van der Waals surface area (Å²) in [5.41, 5.74) is -0.0118. The number of benzene rings is 1. The Balaban J connectivity index is 2.47. The largest absolute Gasteiger partial charge is 0.490 e. The molecule has 0 aliphatic rings. The molecular formula is C19H30O3. The summed E-state index contributed by atoms with van der Waals surface area (Å²) < 4.78 is 11.0. The lowest BCUT2D eigenvalue weighted by atomic mass is 9.72. The van der Waals surface area contributed by atoms with Gasteiger partial charge in [0.25, 0.3) is 0 Å². The fraction of sp³-hybridized carbons (Fsp3) is 0.632. The van der Waals surface area contributed by atoms with Crippen LogP contribution in [0.5, 0.6) is 5.75 Å². The van der Waals surface area contributed by atoms with Gasteiger partial charge in [0.05, 0.1) is 5.92 Å². The third-order valence-electron chi connectivity index (χ3n) is 3.49. The van der Waals surface area contributed by atoms with Crippen LogP contribution in [0.1, 0.15) is 48.0 Å². The van der Waals surface area contributed by atoms with E-state index in [-0.39, 0.29) is 29.3 Å². The number of carbonyl (C=O) groups excluding carboxylic acids is 1. The van der Waals surface area contributed by atoms with Gasteiger partial charge in [-0.25, -0.2) is 0 Å². The second-order valence-corrected chi connectivity index (χ2v) is 8.01. The van der Waals surface area contributed by atoms with Gasteiger partial charge >= 0.3 is 5.97 Å². The Labute approximate surface area is 135 Å². The van der Waals surface area contributed by atoms with Gasteiger partial charge in [0, 0.05) is 0 Å². The van der Waals surface area contributed by atoms with Gasteiger partial charge in [-0.1, -0.05) is 59.7 Å². The number of hydrogen-bond donors (Lipinski definition) is 0. The molecule has 0 fully saturated rings. The SMILES string of the molecule is CC(C)(C)CC(C(=O)OCCOc1ccccc1)C(C)(C)C. The van der Waals surface area contributed by atoms with E-state index in [2.05, 4.69) is 41.5 Å². The van der Waals surface area contributed by atoms with E-state index in [1.54, 1.807) is 0 Å². The first kappa shape index (κ1) is 18.5. The zero-order valence-electron chi connectivity index (χ0n) is 14.8. The second-order valence-electron chi connectivity index (χ2n) is 8.01. The van der Waals surface area contributed by atoms with Gasteiger partial charge in [-0.3, -0.25) is 4.79 Å². The predicted octanol–water partition coefficient (Wildman–Crippen LogP) is 4.71. The summed E-state index contributed by atoms with van der Waals surface area (Å²) in [5, 5.41) is 0. The van der Waals surface area contributed by atoms with Gasteiger partial charge in [0.15, 0.2) is 0 Å². The zero-order valence-corrected chi connectivity index (χ0v) is 14.8. The molecule has 1 unspecified atom stereocenters. The molecule has 124 valence electrons. The van der Waals surface area contributed by atoms with E-state index < -0.39 is 0 Å². The van der Waals surface area contributed by atoms with Crippen LogP contribution in [0.15, 0.2) is 30.3 Å². The maximum Gasteiger partial charge on any atom is 0.309 e. The highest BCUT2D eigenvalue weighted by Crippen LogP contribution is 2.36. The van der Waals surface area contributed by atoms with Crippen LogP contribution in [0.2, 0.25) is 0 Å². The Morgan fingerprint density at radius 1 is 1.00 bits per heavy atom. The Kier molecular flexibility index (Phi) is 6.46. The molecule has 0 aliphatic heterocycles. The predicted molar refractivity (Wildman–Crippen MR) is 89.9 cm³/mol. The van der Waals surface area contributed by atoms with Crippen molar-refractivity contribution >= 4 is 5.97 Å². The molecule has 0 heterocycles. The fourth-order valence-electron chi connectivity index (χ4n) is 2.27. The summed E-state index contributed by atoms with van der Waals surface area (Å²) >= 11 is 0. The molecule has 22 heavy (non-hydrogen) atoms. The van der Waals surface area contributed by atoms with Crippen LogP contribution >= 0.6 is 0 Å². The molecule has 0 spiro atoms.